The number of anilines is 2. The van der Waals surface area contributed by atoms with Gasteiger partial charge in [0.15, 0.2) is 0 Å². The molecule has 1 amide bonds. The van der Waals surface area contributed by atoms with Crippen LogP contribution in [0.3, 0.4) is 0 Å². The van der Waals surface area contributed by atoms with Crippen LogP contribution in [0.4, 0.5) is 11.6 Å². The van der Waals surface area contributed by atoms with Gasteiger partial charge in [-0.25, -0.2) is 9.97 Å². The van der Waals surface area contributed by atoms with Gasteiger partial charge in [0, 0.05) is 28.9 Å². The van der Waals surface area contributed by atoms with E-state index in [1.54, 1.807) is 18.5 Å². The zero-order chi connectivity index (χ0) is 20.7. The number of fused-ring (bicyclic) bond motifs is 1. The number of aromatic amines is 1. The predicted octanol–water partition coefficient (Wildman–Crippen LogP) is 3.37. The van der Waals surface area contributed by atoms with Gasteiger partial charge in [-0.3, -0.25) is 9.89 Å². The number of rotatable bonds is 4. The van der Waals surface area contributed by atoms with E-state index in [-0.39, 0.29) is 17.7 Å². The van der Waals surface area contributed by atoms with E-state index in [0.29, 0.717) is 29.1 Å². The zero-order valence-corrected chi connectivity index (χ0v) is 15.8. The molecule has 5 rings (SSSR count). The van der Waals surface area contributed by atoms with Crippen LogP contribution in [0.25, 0.3) is 33.2 Å². The first-order chi connectivity index (χ1) is 14.6. The molecule has 0 spiro atoms. The summed E-state index contributed by atoms with van der Waals surface area (Å²) in [5, 5.41) is 20.1. The Labute approximate surface area is 171 Å². The Morgan fingerprint density at radius 2 is 2.07 bits per heavy atom. The van der Waals surface area contributed by atoms with Gasteiger partial charge in [-0.1, -0.05) is 24.3 Å². The molecule has 146 valence electrons. The van der Waals surface area contributed by atoms with Crippen LogP contribution in [0.15, 0.2) is 55.0 Å². The van der Waals surface area contributed by atoms with Gasteiger partial charge >= 0.3 is 0 Å². The Hall–Kier alpha value is -4.25. The number of nitrogen functional groups attached to an aromatic ring is 1. The molecule has 1 saturated carbocycles. The molecule has 1 aromatic carbocycles. The van der Waals surface area contributed by atoms with Crippen molar-refractivity contribution in [2.24, 2.45) is 11.8 Å². The quantitative estimate of drug-likeness (QED) is 0.485. The van der Waals surface area contributed by atoms with E-state index in [0.717, 1.165) is 22.1 Å². The number of pyridine rings is 2. The fourth-order valence-electron chi connectivity index (χ4n) is 3.58. The van der Waals surface area contributed by atoms with Crippen molar-refractivity contribution in [3.8, 4) is 28.5 Å². The van der Waals surface area contributed by atoms with Crippen molar-refractivity contribution in [2.75, 3.05) is 11.1 Å². The number of nitrogens with two attached hydrogens (primary N) is 1. The van der Waals surface area contributed by atoms with Gasteiger partial charge in [0.2, 0.25) is 5.91 Å². The molecule has 1 fully saturated rings. The van der Waals surface area contributed by atoms with Crippen LogP contribution >= 0.6 is 0 Å². The topological polar surface area (TPSA) is 133 Å². The van der Waals surface area contributed by atoms with E-state index in [1.807, 2.05) is 36.5 Å². The van der Waals surface area contributed by atoms with E-state index in [2.05, 4.69) is 31.6 Å². The molecule has 3 heterocycles. The number of benzene rings is 1. The van der Waals surface area contributed by atoms with E-state index in [9.17, 15) is 4.79 Å². The first kappa shape index (κ1) is 17.8. The van der Waals surface area contributed by atoms with Crippen LogP contribution in [0.1, 0.15) is 6.42 Å². The van der Waals surface area contributed by atoms with Crippen LogP contribution in [0.5, 0.6) is 0 Å². The Bertz CT molecular complexity index is 1310. The van der Waals surface area contributed by atoms with Gasteiger partial charge in [-0.2, -0.15) is 10.4 Å². The number of nitriles is 1. The molecule has 4 aromatic rings. The lowest BCUT2D eigenvalue weighted by molar-refractivity contribution is -0.117. The minimum atomic E-state index is -0.257. The van der Waals surface area contributed by atoms with Crippen LogP contribution in [-0.2, 0) is 4.79 Å². The molecule has 8 nitrogen and oxygen atoms in total. The maximum Gasteiger partial charge on any atom is 0.230 e. The number of aromatic nitrogens is 4. The minimum absolute atomic E-state index is 0.180. The summed E-state index contributed by atoms with van der Waals surface area (Å²) in [6.45, 7) is 0. The third-order valence-corrected chi connectivity index (χ3v) is 5.30. The summed E-state index contributed by atoms with van der Waals surface area (Å²) in [6, 6.07) is 13.7. The number of carbonyl (C=O) groups is 1. The highest BCUT2D eigenvalue weighted by Gasteiger charge is 2.43. The Balaban J connectivity index is 1.54. The maximum atomic E-state index is 12.3. The van der Waals surface area contributed by atoms with Gasteiger partial charge < -0.3 is 11.1 Å². The van der Waals surface area contributed by atoms with E-state index < -0.39 is 0 Å². The Kier molecular flexibility index (Phi) is 4.14. The molecule has 0 radical (unpaired) electrons. The first-order valence-electron chi connectivity index (χ1n) is 9.49. The molecular formula is C22H17N7O. The van der Waals surface area contributed by atoms with Crippen molar-refractivity contribution in [3.05, 3.63) is 55.0 Å². The lowest BCUT2D eigenvalue weighted by Gasteiger charge is -2.11. The Morgan fingerprint density at radius 1 is 1.23 bits per heavy atom. The van der Waals surface area contributed by atoms with Crippen molar-refractivity contribution in [1.29, 1.82) is 5.26 Å². The highest BCUT2D eigenvalue weighted by Crippen LogP contribution is 2.38. The summed E-state index contributed by atoms with van der Waals surface area (Å²) < 4.78 is 0. The van der Waals surface area contributed by atoms with Crippen molar-refractivity contribution in [1.82, 2.24) is 20.2 Å². The van der Waals surface area contributed by atoms with Gasteiger partial charge in [0.25, 0.3) is 0 Å². The van der Waals surface area contributed by atoms with Gasteiger partial charge in [0.1, 0.15) is 11.6 Å². The summed E-state index contributed by atoms with van der Waals surface area (Å²) in [7, 11) is 0. The Morgan fingerprint density at radius 3 is 2.80 bits per heavy atom. The fourth-order valence-corrected chi connectivity index (χ4v) is 3.58. The maximum absolute atomic E-state index is 12.3. The SMILES string of the molecule is N#C[C@@H]1CC1C(=O)Nc1cc2cc(-c3ccccc3-c3cn[nH]c3)nc(N)c2cn1. The third kappa shape index (κ3) is 3.12. The summed E-state index contributed by atoms with van der Waals surface area (Å²) in [4.78, 5) is 21.1. The lowest BCUT2D eigenvalue weighted by atomic mass is 9.98. The largest absolute Gasteiger partial charge is 0.383 e. The van der Waals surface area contributed by atoms with Gasteiger partial charge in [0.05, 0.1) is 29.8 Å². The predicted molar refractivity (Wildman–Crippen MR) is 113 cm³/mol. The van der Waals surface area contributed by atoms with E-state index in [4.69, 9.17) is 11.0 Å². The molecule has 0 aliphatic heterocycles. The van der Waals surface area contributed by atoms with Crippen molar-refractivity contribution in [3.63, 3.8) is 0 Å². The highest BCUT2D eigenvalue weighted by molar-refractivity contribution is 5.99. The molecule has 1 aliphatic rings. The summed E-state index contributed by atoms with van der Waals surface area (Å²) in [5.74, 6) is 0.155. The van der Waals surface area contributed by atoms with Crippen LogP contribution in [0.2, 0.25) is 0 Å². The lowest BCUT2D eigenvalue weighted by Crippen LogP contribution is -2.15. The van der Waals surface area contributed by atoms with Crippen LogP contribution < -0.4 is 11.1 Å². The number of carbonyl (C=O) groups excluding carboxylic acids is 1. The molecule has 30 heavy (non-hydrogen) atoms. The van der Waals surface area contributed by atoms with Crippen molar-refractivity contribution < 1.29 is 4.79 Å². The highest BCUT2D eigenvalue weighted by atomic mass is 16.2. The standard InChI is InChI=1S/C22H17N7O/c23-8-13-5-17(13)22(30)29-20-7-12-6-19(28-21(24)18(12)11-25-20)16-4-2-1-3-15(16)14-9-26-27-10-14/h1-4,6-7,9-11,13,17H,5H2,(H2,24,28)(H,26,27)(H,25,29,30)/t13-,17?/m0/s1. The molecule has 1 unspecified atom stereocenters. The molecule has 0 saturated heterocycles. The smallest absolute Gasteiger partial charge is 0.230 e. The van der Waals surface area contributed by atoms with E-state index in [1.165, 1.54) is 0 Å². The molecular weight excluding hydrogens is 378 g/mol. The molecule has 4 N–H and O–H groups in total. The van der Waals surface area contributed by atoms with Gasteiger partial charge in [-0.05, 0) is 29.5 Å². The second-order valence-corrected chi connectivity index (χ2v) is 7.28. The second kappa shape index (κ2) is 6.97. The van der Waals surface area contributed by atoms with E-state index >= 15 is 0 Å². The molecule has 0 bridgehead atoms. The molecule has 1 aliphatic carbocycles. The molecule has 3 aromatic heterocycles. The number of hydrogen-bond donors (Lipinski definition) is 3. The second-order valence-electron chi connectivity index (χ2n) is 7.28. The average molecular weight is 395 g/mol. The van der Waals surface area contributed by atoms with Crippen molar-refractivity contribution >= 4 is 28.3 Å². The van der Waals surface area contributed by atoms with Crippen LogP contribution in [-0.4, -0.2) is 26.1 Å². The number of amides is 1. The monoisotopic (exact) mass is 395 g/mol. The number of hydrogen-bond acceptors (Lipinski definition) is 6. The average Bonchev–Trinajstić information content (AvgIpc) is 3.36. The normalized spacial score (nSPS) is 17.4. The first-order valence-corrected chi connectivity index (χ1v) is 9.49. The minimum Gasteiger partial charge on any atom is -0.383 e. The summed E-state index contributed by atoms with van der Waals surface area (Å²) in [5.41, 5.74) is 9.78. The summed E-state index contributed by atoms with van der Waals surface area (Å²) in [6.07, 6.45) is 5.79. The van der Waals surface area contributed by atoms with Crippen molar-refractivity contribution in [2.45, 2.75) is 6.42 Å². The molecule has 2 atom stereocenters. The van der Waals surface area contributed by atoms with Crippen LogP contribution in [0, 0.1) is 23.2 Å². The number of nitrogens with one attached hydrogen (secondary N) is 2. The number of nitrogens with zero attached hydrogens (tertiary/aromatic N) is 4. The zero-order valence-electron chi connectivity index (χ0n) is 15.8. The summed E-state index contributed by atoms with van der Waals surface area (Å²) >= 11 is 0. The number of H-pyrrole nitrogens is 1. The fraction of sp³-hybridized carbons (Fsp3) is 0.136. The van der Waals surface area contributed by atoms with Gasteiger partial charge in [-0.15, -0.1) is 0 Å². The molecule has 8 heteroatoms. The third-order valence-electron chi connectivity index (χ3n) is 5.30.